The summed E-state index contributed by atoms with van der Waals surface area (Å²) in [4.78, 5) is 11.1. The predicted molar refractivity (Wildman–Crippen MR) is 132 cm³/mol. The first-order chi connectivity index (χ1) is 15.5. The highest BCUT2D eigenvalue weighted by molar-refractivity contribution is 7.40. The molecule has 3 nitrogen and oxygen atoms in total. The highest BCUT2D eigenvalue weighted by atomic mass is 31.2. The van der Waals surface area contributed by atoms with Crippen molar-refractivity contribution in [3.63, 3.8) is 0 Å². The van der Waals surface area contributed by atoms with Crippen LogP contribution >= 0.6 is 8.60 Å². The lowest BCUT2D eigenvalue weighted by Crippen LogP contribution is -2.30. The van der Waals surface area contributed by atoms with Gasteiger partial charge < -0.3 is 9.42 Å². The third-order valence-corrected chi connectivity index (χ3v) is 9.19. The molecule has 1 N–H and O–H groups in total. The lowest BCUT2D eigenvalue weighted by atomic mass is 9.72. The number of allylic oxidation sites excluding steroid dienone is 7. The summed E-state index contributed by atoms with van der Waals surface area (Å²) in [6.07, 6.45) is 19.2. The number of fused-ring (bicyclic) bond motifs is 2. The van der Waals surface area contributed by atoms with Crippen LogP contribution < -0.4 is 0 Å². The molecule has 2 saturated carbocycles. The normalized spacial score (nSPS) is 33.0. The quantitative estimate of drug-likeness (QED) is 0.426. The summed E-state index contributed by atoms with van der Waals surface area (Å²) in [5, 5.41) is 0. The maximum atomic E-state index is 11.1. The van der Waals surface area contributed by atoms with Crippen LogP contribution in [0, 0.1) is 11.8 Å². The fourth-order valence-corrected chi connectivity index (χ4v) is 7.41. The van der Waals surface area contributed by atoms with Crippen LogP contribution in [-0.2, 0) is 9.05 Å². The van der Waals surface area contributed by atoms with E-state index in [-0.39, 0.29) is 6.10 Å². The van der Waals surface area contributed by atoms with E-state index < -0.39 is 8.60 Å². The van der Waals surface area contributed by atoms with Crippen LogP contribution in [0.3, 0.4) is 0 Å². The summed E-state index contributed by atoms with van der Waals surface area (Å²) >= 11 is 0. The van der Waals surface area contributed by atoms with Crippen molar-refractivity contribution < 1.29 is 13.9 Å². The zero-order valence-corrected chi connectivity index (χ0v) is 21.0. The Kier molecular flexibility index (Phi) is 6.80. The molecule has 4 heteroatoms. The third-order valence-electron chi connectivity index (χ3n) is 8.44. The van der Waals surface area contributed by atoms with Gasteiger partial charge in [-0.15, -0.1) is 0 Å². The van der Waals surface area contributed by atoms with Gasteiger partial charge in [0, 0.05) is 11.5 Å². The molecule has 5 aliphatic rings. The Bertz CT molecular complexity index is 907. The fraction of sp³-hybridized carbons (Fsp3) is 0.643. The van der Waals surface area contributed by atoms with E-state index in [4.69, 9.17) is 9.05 Å². The van der Waals surface area contributed by atoms with E-state index in [0.717, 1.165) is 31.4 Å². The summed E-state index contributed by atoms with van der Waals surface area (Å²) in [6.45, 7) is 6.76. The van der Waals surface area contributed by atoms with Gasteiger partial charge in [0.2, 0.25) is 0 Å². The van der Waals surface area contributed by atoms with Gasteiger partial charge in [-0.2, -0.15) is 0 Å². The average molecular weight is 455 g/mol. The summed E-state index contributed by atoms with van der Waals surface area (Å²) in [7, 11) is -1.96. The first-order valence-corrected chi connectivity index (χ1v) is 14.0. The minimum Gasteiger partial charge on any atom is -0.430 e. The first-order valence-electron chi connectivity index (χ1n) is 12.9. The lowest BCUT2D eigenvalue weighted by Gasteiger charge is -2.40. The molecule has 1 heterocycles. The largest absolute Gasteiger partial charge is 0.430 e. The highest BCUT2D eigenvalue weighted by Gasteiger charge is 2.40. The van der Waals surface area contributed by atoms with Crippen LogP contribution in [0.1, 0.15) is 97.8 Å². The first kappa shape index (κ1) is 22.6. The molecule has 0 spiro atoms. The molecule has 0 bridgehead atoms. The predicted octanol–water partition coefficient (Wildman–Crippen LogP) is 8.35. The van der Waals surface area contributed by atoms with E-state index in [2.05, 4.69) is 32.9 Å². The van der Waals surface area contributed by atoms with E-state index in [0.29, 0.717) is 11.8 Å². The second-order valence-corrected chi connectivity index (χ2v) is 11.5. The molecule has 2 unspecified atom stereocenters. The van der Waals surface area contributed by atoms with Crippen molar-refractivity contribution in [2.24, 2.45) is 11.8 Å². The molecule has 0 radical (unpaired) electrons. The van der Waals surface area contributed by atoms with Crippen molar-refractivity contribution in [1.29, 1.82) is 0 Å². The Morgan fingerprint density at radius 3 is 2.19 bits per heavy atom. The summed E-state index contributed by atoms with van der Waals surface area (Å²) in [6, 6.07) is 0. The Morgan fingerprint density at radius 1 is 0.844 bits per heavy atom. The van der Waals surface area contributed by atoms with Gasteiger partial charge in [-0.1, -0.05) is 56.3 Å². The van der Waals surface area contributed by atoms with Crippen LogP contribution in [-0.4, -0.2) is 11.0 Å². The average Bonchev–Trinajstić information content (AvgIpc) is 2.80. The molecule has 32 heavy (non-hydrogen) atoms. The van der Waals surface area contributed by atoms with E-state index in [1.54, 1.807) is 0 Å². The second-order valence-electron chi connectivity index (χ2n) is 10.6. The summed E-state index contributed by atoms with van der Waals surface area (Å²) in [5.74, 6) is 1.97. The Hall–Kier alpha value is -1.15. The minimum absolute atomic E-state index is 0.164. The topological polar surface area (TPSA) is 38.7 Å². The summed E-state index contributed by atoms with van der Waals surface area (Å²) in [5.41, 5.74) is 9.52. The van der Waals surface area contributed by atoms with E-state index in [1.807, 2.05) is 0 Å². The maximum absolute atomic E-state index is 11.1. The molecule has 0 aromatic heterocycles. The van der Waals surface area contributed by atoms with Crippen molar-refractivity contribution in [3.05, 3.63) is 56.9 Å². The van der Waals surface area contributed by atoms with Gasteiger partial charge in [0.25, 0.3) is 0 Å². The van der Waals surface area contributed by atoms with Gasteiger partial charge in [-0.05, 0) is 93.1 Å². The zero-order chi connectivity index (χ0) is 22.2. The zero-order valence-electron chi connectivity index (χ0n) is 20.1. The minimum atomic E-state index is -1.96. The third kappa shape index (κ3) is 4.33. The van der Waals surface area contributed by atoms with Gasteiger partial charge in [0.15, 0.2) is 0 Å². The van der Waals surface area contributed by atoms with Crippen molar-refractivity contribution >= 4 is 8.60 Å². The number of hydrogen-bond acceptors (Lipinski definition) is 3. The van der Waals surface area contributed by atoms with Gasteiger partial charge in [-0.25, -0.2) is 0 Å². The molecule has 5 rings (SSSR count). The molecule has 4 aliphatic carbocycles. The molecule has 0 aromatic rings. The van der Waals surface area contributed by atoms with Gasteiger partial charge in [-0.3, -0.25) is 4.52 Å². The molecule has 0 aromatic carbocycles. The molecule has 0 amide bonds. The van der Waals surface area contributed by atoms with Crippen molar-refractivity contribution in [3.8, 4) is 0 Å². The molecule has 1 aliphatic heterocycles. The number of hydrogen-bond donors (Lipinski definition) is 1. The second kappa shape index (κ2) is 9.61. The van der Waals surface area contributed by atoms with Gasteiger partial charge >= 0.3 is 8.60 Å². The van der Waals surface area contributed by atoms with Crippen LogP contribution in [0.25, 0.3) is 0 Å². The van der Waals surface area contributed by atoms with Crippen LogP contribution in [0.15, 0.2) is 56.9 Å². The van der Waals surface area contributed by atoms with Crippen LogP contribution in [0.4, 0.5) is 0 Å². The Balaban J connectivity index is 1.67. The number of rotatable bonds is 2. The van der Waals surface area contributed by atoms with Crippen molar-refractivity contribution in [1.82, 2.24) is 0 Å². The molecule has 2 fully saturated rings. The SMILES string of the molecule is CC1=CC2=C(C3CCCCC3)OP(O)OC3C(C4CCCCC4)=CC(C)=C(C)/C3=C/2CC1. The lowest BCUT2D eigenvalue weighted by molar-refractivity contribution is 0.173. The van der Waals surface area contributed by atoms with E-state index in [1.165, 1.54) is 90.4 Å². The van der Waals surface area contributed by atoms with Crippen molar-refractivity contribution in [2.75, 3.05) is 0 Å². The van der Waals surface area contributed by atoms with Crippen molar-refractivity contribution in [2.45, 2.75) is 104 Å². The fourth-order valence-electron chi connectivity index (χ4n) is 6.54. The van der Waals surface area contributed by atoms with E-state index in [9.17, 15) is 4.89 Å². The van der Waals surface area contributed by atoms with Crippen LogP contribution in [0.2, 0.25) is 0 Å². The molecular formula is C28H39O3P. The molecule has 174 valence electrons. The molecular weight excluding hydrogens is 415 g/mol. The molecule has 2 atom stereocenters. The summed E-state index contributed by atoms with van der Waals surface area (Å²) < 4.78 is 12.8. The maximum Gasteiger partial charge on any atom is 0.395 e. The standard InChI is InChI=1S/C28H39O3P/c1-18-14-15-23-25(16-18)27(22-12-8-5-9-13-22)30-32(29)31-28-24(21-10-6-4-7-11-21)17-19(2)20(3)26(23)28/h16-17,21-22,28-29H,4-15H2,1-3H3/b26-23-,27-25?. The smallest absolute Gasteiger partial charge is 0.395 e. The Morgan fingerprint density at radius 2 is 1.50 bits per heavy atom. The van der Waals surface area contributed by atoms with E-state index >= 15 is 0 Å². The monoisotopic (exact) mass is 454 g/mol. The van der Waals surface area contributed by atoms with Gasteiger partial charge in [0.1, 0.15) is 11.9 Å². The van der Waals surface area contributed by atoms with Crippen LogP contribution in [0.5, 0.6) is 0 Å². The Labute approximate surface area is 195 Å². The molecule has 0 saturated heterocycles. The van der Waals surface area contributed by atoms with Gasteiger partial charge in [0.05, 0.1) is 0 Å². The highest BCUT2D eigenvalue weighted by Crippen LogP contribution is 2.54.